The molecule has 2 heterocycles. The number of likely N-dealkylation sites (N-methyl/N-ethyl adjacent to an activating group) is 1. The van der Waals surface area contributed by atoms with Crippen molar-refractivity contribution in [1.82, 2.24) is 25.1 Å². The number of anilines is 3. The first-order chi connectivity index (χ1) is 19.6. The molecular formula is C29H36F3N7O2. The highest BCUT2D eigenvalue weighted by Crippen LogP contribution is 2.91. The molecule has 1 aromatic carbocycles. The predicted molar refractivity (Wildman–Crippen MR) is 148 cm³/mol. The minimum absolute atomic E-state index is 0.0166. The molecule has 1 aliphatic heterocycles. The van der Waals surface area contributed by atoms with Gasteiger partial charge in [0.15, 0.2) is 0 Å². The van der Waals surface area contributed by atoms with Crippen LogP contribution in [-0.2, 0) is 11.0 Å². The number of benzene rings is 1. The van der Waals surface area contributed by atoms with Crippen molar-refractivity contribution in [3.63, 3.8) is 0 Å². The highest BCUT2D eigenvalue weighted by Gasteiger charge is 2.93. The van der Waals surface area contributed by atoms with E-state index in [0.717, 1.165) is 45.0 Å². The number of carbonyl (C=O) groups is 2. The van der Waals surface area contributed by atoms with Crippen LogP contribution in [0.5, 0.6) is 0 Å². The number of fused-ring (bicyclic) bond motifs is 3. The lowest BCUT2D eigenvalue weighted by Crippen LogP contribution is -2.47. The van der Waals surface area contributed by atoms with Crippen molar-refractivity contribution in [3.05, 3.63) is 41.6 Å². The van der Waals surface area contributed by atoms with Crippen molar-refractivity contribution >= 4 is 29.3 Å². The fourth-order valence-electron chi connectivity index (χ4n) is 7.29. The normalized spacial score (nSPS) is 29.0. The maximum atomic E-state index is 14.0. The molecule has 3 saturated carbocycles. The van der Waals surface area contributed by atoms with Crippen LogP contribution in [0.4, 0.5) is 30.6 Å². The number of nitrogens with one attached hydrogen (secondary N) is 3. The van der Waals surface area contributed by atoms with Crippen LogP contribution < -0.4 is 16.0 Å². The summed E-state index contributed by atoms with van der Waals surface area (Å²) in [5, 5.41) is 9.06. The van der Waals surface area contributed by atoms with Gasteiger partial charge >= 0.3 is 6.18 Å². The summed E-state index contributed by atoms with van der Waals surface area (Å²) in [7, 11) is 2.02. The molecule has 0 radical (unpaired) electrons. The molecule has 9 nitrogen and oxygen atoms in total. The lowest BCUT2D eigenvalue weighted by Gasteiger charge is -2.40. The van der Waals surface area contributed by atoms with Crippen molar-refractivity contribution in [2.45, 2.75) is 51.2 Å². The first kappa shape index (κ1) is 27.7. The highest BCUT2D eigenvalue weighted by molar-refractivity contribution is 5.95. The van der Waals surface area contributed by atoms with Gasteiger partial charge in [-0.1, -0.05) is 12.8 Å². The molecule has 3 N–H and O–H groups in total. The first-order valence-electron chi connectivity index (χ1n) is 14.4. The van der Waals surface area contributed by atoms with Gasteiger partial charge in [0.25, 0.3) is 5.91 Å². The van der Waals surface area contributed by atoms with Crippen LogP contribution >= 0.6 is 0 Å². The van der Waals surface area contributed by atoms with Crippen LogP contribution in [0.3, 0.4) is 0 Å². The molecule has 2 amide bonds. The number of rotatable bonds is 7. The molecule has 12 heteroatoms. The average Bonchev–Trinajstić information content (AvgIpc) is 3.83. The van der Waals surface area contributed by atoms with Gasteiger partial charge in [-0.25, -0.2) is 4.98 Å². The van der Waals surface area contributed by atoms with E-state index >= 15 is 0 Å². The molecule has 2 aromatic rings. The summed E-state index contributed by atoms with van der Waals surface area (Å²) in [6.07, 6.45) is 0.310. The largest absolute Gasteiger partial charge is 0.421 e. The Balaban J connectivity index is 1.20. The second-order valence-corrected chi connectivity index (χ2v) is 11.8. The monoisotopic (exact) mass is 571 g/mol. The van der Waals surface area contributed by atoms with Crippen LogP contribution in [-0.4, -0.2) is 77.4 Å². The van der Waals surface area contributed by atoms with Gasteiger partial charge in [-0.15, -0.1) is 0 Å². The van der Waals surface area contributed by atoms with Crippen LogP contribution in [0.25, 0.3) is 0 Å². The zero-order valence-electron chi connectivity index (χ0n) is 23.4. The zero-order chi connectivity index (χ0) is 29.0. The van der Waals surface area contributed by atoms with Crippen LogP contribution in [0, 0.1) is 16.7 Å². The van der Waals surface area contributed by atoms with Crippen molar-refractivity contribution in [2.24, 2.45) is 16.7 Å². The van der Waals surface area contributed by atoms with E-state index in [9.17, 15) is 22.8 Å². The maximum Gasteiger partial charge on any atom is 0.421 e. The van der Waals surface area contributed by atoms with Crippen molar-refractivity contribution in [1.29, 1.82) is 0 Å². The third kappa shape index (κ3) is 4.69. The standard InChI is InChI=1S/C29H36F3N7O2/c1-3-33-25(41)28-16-21(28)27(28)11-5-4-6-22(27)36-23-20(29(30,31)32)17-34-26(37-23)35-19-9-7-18(8-10-19)24(40)39-14-12-38(2)13-15-39/h7-10,17,21-22H,3-6,11-16H2,1-2H3,(H,33,41)(H2,34,35,36,37)/t21?,22-,27+,28?/m1/s1. The first-order valence-corrected chi connectivity index (χ1v) is 14.4. The summed E-state index contributed by atoms with van der Waals surface area (Å²) in [6.45, 7) is 5.38. The number of carbonyl (C=O) groups excluding carboxylic acids is 2. The Hall–Kier alpha value is -3.41. The number of halogens is 3. The molecule has 1 aromatic heterocycles. The molecule has 4 aliphatic rings. The van der Waals surface area contributed by atoms with Gasteiger partial charge < -0.3 is 25.8 Å². The van der Waals surface area contributed by atoms with E-state index in [1.807, 2.05) is 18.9 Å². The molecule has 2 unspecified atom stereocenters. The smallest absolute Gasteiger partial charge is 0.366 e. The van der Waals surface area contributed by atoms with E-state index in [0.29, 0.717) is 37.3 Å². The molecule has 41 heavy (non-hydrogen) atoms. The van der Waals surface area contributed by atoms with Crippen molar-refractivity contribution < 1.29 is 22.8 Å². The molecule has 6 rings (SSSR count). The quantitative estimate of drug-likeness (QED) is 0.460. The molecular weight excluding hydrogens is 535 g/mol. The molecule has 4 fully saturated rings. The minimum Gasteiger partial charge on any atom is -0.366 e. The lowest BCUT2D eigenvalue weighted by atomic mass is 9.71. The van der Waals surface area contributed by atoms with Crippen LogP contribution in [0.1, 0.15) is 54.9 Å². The Labute approximate surface area is 237 Å². The Kier molecular flexibility index (Phi) is 6.87. The molecule has 0 bridgehead atoms. The zero-order valence-corrected chi connectivity index (χ0v) is 23.4. The van der Waals surface area contributed by atoms with Gasteiger partial charge in [0.1, 0.15) is 11.4 Å². The van der Waals surface area contributed by atoms with Crippen LogP contribution in [0.15, 0.2) is 30.5 Å². The Morgan fingerprint density at radius 2 is 1.83 bits per heavy atom. The molecule has 3 aliphatic carbocycles. The number of amides is 2. The van der Waals surface area contributed by atoms with E-state index in [2.05, 4.69) is 30.8 Å². The summed E-state index contributed by atoms with van der Waals surface area (Å²) in [4.78, 5) is 38.0. The van der Waals surface area contributed by atoms with E-state index < -0.39 is 17.2 Å². The summed E-state index contributed by atoms with van der Waals surface area (Å²) < 4.78 is 42.0. The number of piperazine rings is 1. The number of aromatic nitrogens is 2. The van der Waals surface area contributed by atoms with Gasteiger partial charge in [0.2, 0.25) is 11.9 Å². The summed E-state index contributed by atoms with van der Waals surface area (Å²) >= 11 is 0. The summed E-state index contributed by atoms with van der Waals surface area (Å²) in [6, 6.07) is 6.50. The number of hydrogen-bond donors (Lipinski definition) is 3. The molecule has 1 saturated heterocycles. The third-order valence-electron chi connectivity index (χ3n) is 9.61. The van der Waals surface area contributed by atoms with Crippen molar-refractivity contribution in [2.75, 3.05) is 50.4 Å². The van der Waals surface area contributed by atoms with Crippen molar-refractivity contribution in [3.8, 4) is 0 Å². The summed E-state index contributed by atoms with van der Waals surface area (Å²) in [5.74, 6) is -0.0789. The predicted octanol–water partition coefficient (Wildman–Crippen LogP) is 4.12. The Bertz CT molecular complexity index is 1330. The second-order valence-electron chi connectivity index (χ2n) is 11.8. The fourth-order valence-corrected chi connectivity index (χ4v) is 7.29. The average molecular weight is 572 g/mol. The third-order valence-corrected chi connectivity index (χ3v) is 9.61. The van der Waals surface area contributed by atoms with Gasteiger partial charge in [-0.05, 0) is 63.4 Å². The van der Waals surface area contributed by atoms with Gasteiger partial charge in [0.05, 0.1) is 5.41 Å². The Morgan fingerprint density at radius 1 is 1.10 bits per heavy atom. The number of hydrogen-bond acceptors (Lipinski definition) is 7. The molecule has 1 spiro atoms. The molecule has 4 atom stereocenters. The Morgan fingerprint density at radius 3 is 2.49 bits per heavy atom. The fraction of sp³-hybridized carbons (Fsp3) is 0.586. The number of alkyl halides is 3. The SMILES string of the molecule is CCNC(=O)C12CC1[C@]21CCCC[C@H]1Nc1nc(Nc2ccc(C(=O)N3CCN(C)CC3)cc2)ncc1C(F)(F)F. The second kappa shape index (κ2) is 10.1. The maximum absolute atomic E-state index is 14.0. The summed E-state index contributed by atoms with van der Waals surface area (Å²) in [5.41, 5.74) is -0.617. The topological polar surface area (TPSA) is 102 Å². The van der Waals surface area contributed by atoms with Crippen LogP contribution in [0.2, 0.25) is 0 Å². The van der Waals surface area contributed by atoms with E-state index in [-0.39, 0.29) is 41.0 Å². The minimum atomic E-state index is -4.64. The van der Waals surface area contributed by atoms with Gasteiger partial charge in [-0.2, -0.15) is 18.2 Å². The molecule has 220 valence electrons. The number of nitrogens with zero attached hydrogens (tertiary/aromatic N) is 4. The van der Waals surface area contributed by atoms with Gasteiger partial charge in [0, 0.05) is 61.6 Å². The van der Waals surface area contributed by atoms with Gasteiger partial charge in [-0.3, -0.25) is 9.59 Å². The van der Waals surface area contributed by atoms with E-state index in [1.54, 1.807) is 24.3 Å². The lowest BCUT2D eigenvalue weighted by molar-refractivity contribution is -0.137. The van der Waals surface area contributed by atoms with E-state index in [1.165, 1.54) is 0 Å². The highest BCUT2D eigenvalue weighted by atomic mass is 19.4. The van der Waals surface area contributed by atoms with E-state index in [4.69, 9.17) is 0 Å².